The quantitative estimate of drug-likeness (QED) is 0.738. The van der Waals surface area contributed by atoms with Crippen LogP contribution >= 0.6 is 11.6 Å². The number of halogens is 4. The lowest BCUT2D eigenvalue weighted by Gasteiger charge is -2.24. The number of rotatable bonds is 2. The lowest BCUT2D eigenvalue weighted by atomic mass is 10.2. The molecule has 1 aromatic heterocycles. The summed E-state index contributed by atoms with van der Waals surface area (Å²) in [6, 6.07) is 2.36. The Bertz CT molecular complexity index is 617. The van der Waals surface area contributed by atoms with E-state index in [-0.39, 0.29) is 11.7 Å². The molecule has 0 aliphatic carbocycles. The molecule has 24 heavy (non-hydrogen) atoms. The Labute approximate surface area is 142 Å². The van der Waals surface area contributed by atoms with Gasteiger partial charge in [0.1, 0.15) is 16.9 Å². The highest BCUT2D eigenvalue weighted by molar-refractivity contribution is 6.29. The summed E-state index contributed by atoms with van der Waals surface area (Å²) in [5.74, 6) is -0.400. The van der Waals surface area contributed by atoms with Gasteiger partial charge in [0, 0.05) is 13.0 Å². The van der Waals surface area contributed by atoms with Gasteiger partial charge in [0.15, 0.2) is 11.4 Å². The van der Waals surface area contributed by atoms with Gasteiger partial charge in [0.2, 0.25) is 0 Å². The summed E-state index contributed by atoms with van der Waals surface area (Å²) in [5.41, 5.74) is -1.81. The fourth-order valence-electron chi connectivity index (χ4n) is 2.22. The molecule has 0 spiro atoms. The number of aromatic nitrogens is 1. The molecule has 9 heteroatoms. The lowest BCUT2D eigenvalue weighted by Crippen LogP contribution is -2.36. The van der Waals surface area contributed by atoms with E-state index in [4.69, 9.17) is 21.1 Å². The maximum atomic E-state index is 13.0. The maximum Gasteiger partial charge on any atom is 0.437 e. The molecular weight excluding hydrogens is 349 g/mol. The van der Waals surface area contributed by atoms with Crippen LogP contribution in [0.1, 0.15) is 32.9 Å². The standard InChI is InChI=1S/C15H18ClF3N2O3/c1-14(2,3)24-13(22)21-7-6-9(8-21)23-10-4-5-11(16)20-12(10)15(17,18)19/h4-5,9H,6-8H2,1-3H3. The number of carbonyl (C=O) groups excluding carboxylic acids is 1. The summed E-state index contributed by atoms with van der Waals surface area (Å²) in [6.45, 7) is 5.72. The molecule has 1 aromatic rings. The van der Waals surface area contributed by atoms with Gasteiger partial charge in [-0.15, -0.1) is 0 Å². The van der Waals surface area contributed by atoms with Gasteiger partial charge in [-0.05, 0) is 32.9 Å². The van der Waals surface area contributed by atoms with Gasteiger partial charge in [-0.1, -0.05) is 11.6 Å². The molecule has 0 N–H and O–H groups in total. The average molecular weight is 367 g/mol. The monoisotopic (exact) mass is 366 g/mol. The predicted molar refractivity (Wildman–Crippen MR) is 81.1 cm³/mol. The van der Waals surface area contributed by atoms with Gasteiger partial charge in [0.05, 0.1) is 6.54 Å². The van der Waals surface area contributed by atoms with E-state index < -0.39 is 35.4 Å². The summed E-state index contributed by atoms with van der Waals surface area (Å²) in [5, 5.41) is -0.267. The van der Waals surface area contributed by atoms with Crippen molar-refractivity contribution in [2.24, 2.45) is 0 Å². The van der Waals surface area contributed by atoms with Crippen molar-refractivity contribution in [2.45, 2.75) is 45.1 Å². The highest BCUT2D eigenvalue weighted by atomic mass is 35.5. The first-order chi connectivity index (χ1) is 11.0. The van der Waals surface area contributed by atoms with Crippen LogP contribution in [0.25, 0.3) is 0 Å². The molecule has 1 saturated heterocycles. The number of pyridine rings is 1. The molecule has 0 aromatic carbocycles. The summed E-state index contributed by atoms with van der Waals surface area (Å²) in [7, 11) is 0. The summed E-state index contributed by atoms with van der Waals surface area (Å²) in [4.78, 5) is 16.7. The highest BCUT2D eigenvalue weighted by Crippen LogP contribution is 2.36. The van der Waals surface area contributed by atoms with E-state index in [1.807, 2.05) is 0 Å². The van der Waals surface area contributed by atoms with Gasteiger partial charge in [-0.2, -0.15) is 13.2 Å². The van der Waals surface area contributed by atoms with Gasteiger partial charge >= 0.3 is 12.3 Å². The molecule has 1 aliphatic heterocycles. The largest absolute Gasteiger partial charge is 0.486 e. The Morgan fingerprint density at radius 3 is 2.58 bits per heavy atom. The first-order valence-electron chi connectivity index (χ1n) is 7.34. The zero-order valence-electron chi connectivity index (χ0n) is 13.5. The van der Waals surface area contributed by atoms with Crippen LogP contribution in [0.2, 0.25) is 5.15 Å². The molecule has 1 aliphatic rings. The van der Waals surface area contributed by atoms with E-state index in [0.717, 1.165) is 6.07 Å². The van der Waals surface area contributed by atoms with Gasteiger partial charge < -0.3 is 14.4 Å². The fraction of sp³-hybridized carbons (Fsp3) is 0.600. The van der Waals surface area contributed by atoms with E-state index >= 15 is 0 Å². The SMILES string of the molecule is CC(C)(C)OC(=O)N1CCC(Oc2ccc(Cl)nc2C(F)(F)F)C1. The molecule has 134 valence electrons. The second kappa shape index (κ2) is 6.66. The zero-order valence-corrected chi connectivity index (χ0v) is 14.2. The van der Waals surface area contributed by atoms with Crippen molar-refractivity contribution >= 4 is 17.7 Å². The number of hydrogen-bond acceptors (Lipinski definition) is 4. The number of carbonyl (C=O) groups is 1. The van der Waals surface area contributed by atoms with E-state index in [2.05, 4.69) is 4.98 Å². The average Bonchev–Trinajstić information content (AvgIpc) is 2.86. The number of ether oxygens (including phenoxy) is 2. The minimum Gasteiger partial charge on any atom is -0.486 e. The highest BCUT2D eigenvalue weighted by Gasteiger charge is 2.38. The molecule has 1 atom stereocenters. The minimum atomic E-state index is -4.68. The van der Waals surface area contributed by atoms with Gasteiger partial charge in [-0.25, -0.2) is 9.78 Å². The Balaban J connectivity index is 2.05. The second-order valence-corrected chi connectivity index (χ2v) is 6.82. The van der Waals surface area contributed by atoms with Crippen molar-refractivity contribution in [3.05, 3.63) is 23.0 Å². The number of amides is 1. The van der Waals surface area contributed by atoms with Crippen LogP contribution in [0, 0.1) is 0 Å². The second-order valence-electron chi connectivity index (χ2n) is 6.43. The molecule has 0 bridgehead atoms. The van der Waals surface area contributed by atoms with E-state index in [1.54, 1.807) is 20.8 Å². The van der Waals surface area contributed by atoms with Crippen molar-refractivity contribution < 1.29 is 27.4 Å². The molecule has 5 nitrogen and oxygen atoms in total. The van der Waals surface area contributed by atoms with E-state index in [0.29, 0.717) is 13.0 Å². The number of nitrogens with zero attached hydrogens (tertiary/aromatic N) is 2. The molecular formula is C15H18ClF3N2O3. The third-order valence-corrected chi connectivity index (χ3v) is 3.39. The Morgan fingerprint density at radius 2 is 2.00 bits per heavy atom. The van der Waals surface area contributed by atoms with Crippen LogP contribution in [0.4, 0.5) is 18.0 Å². The fourth-order valence-corrected chi connectivity index (χ4v) is 2.36. The van der Waals surface area contributed by atoms with Crippen LogP contribution < -0.4 is 4.74 Å². The van der Waals surface area contributed by atoms with Gasteiger partial charge in [-0.3, -0.25) is 0 Å². The Kier molecular flexibility index (Phi) is 5.17. The summed E-state index contributed by atoms with van der Waals surface area (Å²) in [6.07, 6.45) is -5.36. The smallest absolute Gasteiger partial charge is 0.437 e. The predicted octanol–water partition coefficient (Wildman–Crippen LogP) is 4.14. The third kappa shape index (κ3) is 4.90. The third-order valence-electron chi connectivity index (χ3n) is 3.18. The molecule has 0 radical (unpaired) electrons. The zero-order chi connectivity index (χ0) is 18.1. The molecule has 2 rings (SSSR count). The van der Waals surface area contributed by atoms with Crippen LogP contribution in [-0.4, -0.2) is 40.8 Å². The molecule has 1 unspecified atom stereocenters. The minimum absolute atomic E-state index is 0.148. The van der Waals surface area contributed by atoms with Crippen molar-refractivity contribution in [1.82, 2.24) is 9.88 Å². The normalized spacial score (nSPS) is 18.6. The maximum absolute atomic E-state index is 13.0. The van der Waals surface area contributed by atoms with E-state index in [9.17, 15) is 18.0 Å². The van der Waals surface area contributed by atoms with E-state index in [1.165, 1.54) is 11.0 Å². The van der Waals surface area contributed by atoms with Crippen molar-refractivity contribution in [3.8, 4) is 5.75 Å². The topological polar surface area (TPSA) is 51.7 Å². The molecule has 0 saturated carbocycles. The summed E-state index contributed by atoms with van der Waals surface area (Å²) < 4.78 is 49.7. The number of hydrogen-bond donors (Lipinski definition) is 0. The summed E-state index contributed by atoms with van der Waals surface area (Å²) >= 11 is 5.53. The molecule has 1 fully saturated rings. The molecule has 2 heterocycles. The van der Waals surface area contributed by atoms with Crippen LogP contribution in [0.5, 0.6) is 5.75 Å². The first kappa shape index (κ1) is 18.6. The van der Waals surface area contributed by atoms with Crippen LogP contribution in [0.15, 0.2) is 12.1 Å². The Hall–Kier alpha value is -1.70. The Morgan fingerprint density at radius 1 is 1.33 bits per heavy atom. The van der Waals surface area contributed by atoms with Crippen molar-refractivity contribution in [3.63, 3.8) is 0 Å². The first-order valence-corrected chi connectivity index (χ1v) is 7.72. The van der Waals surface area contributed by atoms with Crippen molar-refractivity contribution in [2.75, 3.05) is 13.1 Å². The van der Waals surface area contributed by atoms with Gasteiger partial charge in [0.25, 0.3) is 0 Å². The lowest BCUT2D eigenvalue weighted by molar-refractivity contribution is -0.142. The van der Waals surface area contributed by atoms with Crippen LogP contribution in [-0.2, 0) is 10.9 Å². The molecule has 1 amide bonds. The van der Waals surface area contributed by atoms with Crippen LogP contribution in [0.3, 0.4) is 0 Å². The van der Waals surface area contributed by atoms with Crippen molar-refractivity contribution in [1.29, 1.82) is 0 Å². The number of likely N-dealkylation sites (tertiary alicyclic amines) is 1. The number of alkyl halides is 3.